The van der Waals surface area contributed by atoms with E-state index in [4.69, 9.17) is 0 Å². The topological polar surface area (TPSA) is 75.3 Å². The van der Waals surface area contributed by atoms with Gasteiger partial charge in [-0.1, -0.05) is 18.2 Å². The molecule has 0 aliphatic carbocycles. The second-order valence-electron chi connectivity index (χ2n) is 6.02. The molecule has 2 aliphatic heterocycles. The van der Waals surface area contributed by atoms with Crippen LogP contribution in [0.1, 0.15) is 32.1 Å². The van der Waals surface area contributed by atoms with E-state index in [1.807, 2.05) is 0 Å². The van der Waals surface area contributed by atoms with Crippen LogP contribution in [0.15, 0.2) is 35.2 Å². The first-order valence-corrected chi connectivity index (χ1v) is 8.88. The van der Waals surface area contributed by atoms with E-state index in [1.165, 1.54) is 25.0 Å². The van der Waals surface area contributed by atoms with Gasteiger partial charge in [-0.25, -0.2) is 13.1 Å². The molecule has 3 rings (SSSR count). The molecule has 2 heterocycles. The Labute approximate surface area is 125 Å². The third kappa shape index (κ3) is 3.44. The Balaban J connectivity index is 1.59. The summed E-state index contributed by atoms with van der Waals surface area (Å²) in [5, 5.41) is 3.52. The fourth-order valence-corrected chi connectivity index (χ4v) is 4.47. The van der Waals surface area contributed by atoms with Crippen molar-refractivity contribution in [3.63, 3.8) is 0 Å². The number of carbonyl (C=O) groups excluding carboxylic acids is 1. The van der Waals surface area contributed by atoms with Crippen LogP contribution in [0.4, 0.5) is 0 Å². The van der Waals surface area contributed by atoms with Gasteiger partial charge in [-0.2, -0.15) is 0 Å². The number of amides is 1. The van der Waals surface area contributed by atoms with Crippen LogP contribution in [-0.2, 0) is 14.8 Å². The second-order valence-corrected chi connectivity index (χ2v) is 7.70. The molecule has 2 unspecified atom stereocenters. The van der Waals surface area contributed by atoms with Crippen LogP contribution >= 0.6 is 0 Å². The van der Waals surface area contributed by atoms with Crippen LogP contribution in [0.3, 0.4) is 0 Å². The van der Waals surface area contributed by atoms with Gasteiger partial charge in [-0.15, -0.1) is 0 Å². The third-order valence-electron chi connectivity index (χ3n) is 4.35. The van der Waals surface area contributed by atoms with E-state index in [1.54, 1.807) is 18.2 Å². The Kier molecular flexibility index (Phi) is 3.99. The van der Waals surface area contributed by atoms with Crippen molar-refractivity contribution in [3.8, 4) is 0 Å². The molecule has 0 saturated carbocycles. The molecule has 6 heteroatoms. The number of hydrogen-bond acceptors (Lipinski definition) is 4. The zero-order valence-corrected chi connectivity index (χ0v) is 12.6. The minimum atomic E-state index is -3.74. The van der Waals surface area contributed by atoms with Crippen molar-refractivity contribution < 1.29 is 13.2 Å². The van der Waals surface area contributed by atoms with E-state index in [0.717, 1.165) is 12.8 Å². The molecule has 1 aromatic carbocycles. The van der Waals surface area contributed by atoms with Crippen LogP contribution in [0, 0.1) is 5.92 Å². The van der Waals surface area contributed by atoms with Crippen molar-refractivity contribution in [3.05, 3.63) is 30.3 Å². The molecule has 0 spiro atoms. The Bertz CT molecular complexity index is 603. The molecule has 2 bridgehead atoms. The summed E-state index contributed by atoms with van der Waals surface area (Å²) in [5.41, 5.74) is 0. The molecule has 1 amide bonds. The van der Waals surface area contributed by atoms with Crippen molar-refractivity contribution in [2.45, 2.75) is 49.1 Å². The highest BCUT2D eigenvalue weighted by Crippen LogP contribution is 2.32. The first-order valence-electron chi connectivity index (χ1n) is 7.40. The number of hydrogen-bond donors (Lipinski definition) is 2. The molecule has 114 valence electrons. The smallest absolute Gasteiger partial charge is 0.264 e. The molecule has 2 N–H and O–H groups in total. The summed E-state index contributed by atoms with van der Waals surface area (Å²) < 4.78 is 26.3. The van der Waals surface area contributed by atoms with E-state index in [9.17, 15) is 13.2 Å². The van der Waals surface area contributed by atoms with Crippen LogP contribution in [0.2, 0.25) is 0 Å². The van der Waals surface area contributed by atoms with Crippen LogP contribution < -0.4 is 10.0 Å². The normalized spacial score (nSPS) is 28.3. The largest absolute Gasteiger partial charge is 0.311 e. The van der Waals surface area contributed by atoms with Gasteiger partial charge in [0.1, 0.15) is 0 Å². The number of carbonyl (C=O) groups is 1. The predicted molar refractivity (Wildman–Crippen MR) is 79.1 cm³/mol. The van der Waals surface area contributed by atoms with Crippen LogP contribution in [0.25, 0.3) is 0 Å². The van der Waals surface area contributed by atoms with Crippen molar-refractivity contribution >= 4 is 15.9 Å². The molecule has 21 heavy (non-hydrogen) atoms. The number of benzene rings is 1. The lowest BCUT2D eigenvalue weighted by Gasteiger charge is -2.28. The highest BCUT2D eigenvalue weighted by molar-refractivity contribution is 7.90. The first-order chi connectivity index (χ1) is 10.0. The Morgan fingerprint density at radius 1 is 1.14 bits per heavy atom. The van der Waals surface area contributed by atoms with Gasteiger partial charge in [0.2, 0.25) is 5.91 Å². The Hall–Kier alpha value is -1.40. The van der Waals surface area contributed by atoms with E-state index in [-0.39, 0.29) is 10.8 Å². The molecule has 2 aliphatic rings. The number of piperidine rings is 1. The van der Waals surface area contributed by atoms with Crippen molar-refractivity contribution in [2.75, 3.05) is 0 Å². The van der Waals surface area contributed by atoms with Gasteiger partial charge < -0.3 is 5.32 Å². The zero-order valence-electron chi connectivity index (χ0n) is 11.8. The summed E-state index contributed by atoms with van der Waals surface area (Å²) >= 11 is 0. The number of fused-ring (bicyclic) bond motifs is 2. The third-order valence-corrected chi connectivity index (χ3v) is 5.74. The lowest BCUT2D eigenvalue weighted by Crippen LogP contribution is -2.40. The van der Waals surface area contributed by atoms with Gasteiger partial charge in [0.05, 0.1) is 4.90 Å². The summed E-state index contributed by atoms with van der Waals surface area (Å²) in [6.45, 7) is 0. The van der Waals surface area contributed by atoms with Crippen molar-refractivity contribution in [2.24, 2.45) is 5.92 Å². The lowest BCUT2D eigenvalue weighted by atomic mass is 9.89. The van der Waals surface area contributed by atoms with Crippen LogP contribution in [0.5, 0.6) is 0 Å². The Morgan fingerprint density at radius 2 is 1.76 bits per heavy atom. The first kappa shape index (κ1) is 14.5. The summed E-state index contributed by atoms with van der Waals surface area (Å²) in [5.74, 6) is -0.111. The lowest BCUT2D eigenvalue weighted by molar-refractivity contribution is -0.120. The summed E-state index contributed by atoms with van der Waals surface area (Å²) in [4.78, 5) is 12.2. The molecular formula is C15H20N2O3S. The van der Waals surface area contributed by atoms with E-state index >= 15 is 0 Å². The Morgan fingerprint density at radius 3 is 2.38 bits per heavy atom. The zero-order chi connectivity index (χ0) is 14.9. The molecule has 2 atom stereocenters. The molecule has 2 saturated heterocycles. The maximum atomic E-state index is 12.1. The predicted octanol–water partition coefficient (Wildman–Crippen LogP) is 1.41. The van der Waals surface area contributed by atoms with Crippen molar-refractivity contribution in [1.29, 1.82) is 0 Å². The standard InChI is InChI=1S/C15H20N2O3S/c18-15(10-11-8-12-6-7-13(9-11)16-12)17-21(19,20)14-4-2-1-3-5-14/h1-5,11-13,16H,6-10H2,(H,17,18). The average Bonchev–Trinajstić information content (AvgIpc) is 2.78. The van der Waals surface area contributed by atoms with Gasteiger partial charge in [-0.05, 0) is 43.7 Å². The fourth-order valence-electron chi connectivity index (χ4n) is 3.45. The van der Waals surface area contributed by atoms with Gasteiger partial charge in [0.15, 0.2) is 0 Å². The maximum absolute atomic E-state index is 12.1. The number of rotatable bonds is 4. The van der Waals surface area contributed by atoms with Gasteiger partial charge in [0, 0.05) is 18.5 Å². The quantitative estimate of drug-likeness (QED) is 0.882. The second kappa shape index (κ2) is 5.77. The summed E-state index contributed by atoms with van der Waals surface area (Å²) in [6.07, 6.45) is 4.57. The monoisotopic (exact) mass is 308 g/mol. The highest BCUT2D eigenvalue weighted by Gasteiger charge is 2.34. The van der Waals surface area contributed by atoms with Gasteiger partial charge in [-0.3, -0.25) is 4.79 Å². The average molecular weight is 308 g/mol. The fraction of sp³-hybridized carbons (Fsp3) is 0.533. The summed E-state index contributed by atoms with van der Waals surface area (Å²) in [7, 11) is -3.74. The van der Waals surface area contributed by atoms with Crippen molar-refractivity contribution in [1.82, 2.24) is 10.0 Å². The van der Waals surface area contributed by atoms with Gasteiger partial charge in [0.25, 0.3) is 10.0 Å². The minimum Gasteiger partial charge on any atom is -0.311 e. The SMILES string of the molecule is O=C(CC1CC2CCC(C1)N2)NS(=O)(=O)c1ccccc1. The molecule has 1 aromatic rings. The number of nitrogens with one attached hydrogen (secondary N) is 2. The highest BCUT2D eigenvalue weighted by atomic mass is 32.2. The molecule has 2 fully saturated rings. The van der Waals surface area contributed by atoms with E-state index in [0.29, 0.717) is 18.5 Å². The number of sulfonamides is 1. The van der Waals surface area contributed by atoms with E-state index < -0.39 is 15.9 Å². The van der Waals surface area contributed by atoms with E-state index in [2.05, 4.69) is 10.0 Å². The maximum Gasteiger partial charge on any atom is 0.264 e. The minimum absolute atomic E-state index is 0.128. The summed E-state index contributed by atoms with van der Waals surface area (Å²) in [6, 6.07) is 9.01. The molecule has 0 aromatic heterocycles. The molecular weight excluding hydrogens is 288 g/mol. The van der Waals surface area contributed by atoms with Crippen LogP contribution in [-0.4, -0.2) is 26.4 Å². The molecule has 5 nitrogen and oxygen atoms in total. The molecule has 0 radical (unpaired) electrons. The van der Waals surface area contributed by atoms with Gasteiger partial charge >= 0.3 is 0 Å².